The van der Waals surface area contributed by atoms with Gasteiger partial charge in [-0.3, -0.25) is 0 Å². The Morgan fingerprint density at radius 2 is 1.76 bits per heavy atom. The second kappa shape index (κ2) is 6.46. The van der Waals surface area contributed by atoms with Gasteiger partial charge < -0.3 is 10.1 Å². The second-order valence-electron chi connectivity index (χ2n) is 6.10. The molecule has 0 amide bonds. The van der Waals surface area contributed by atoms with Gasteiger partial charge >= 0.3 is 0 Å². The highest BCUT2D eigenvalue weighted by Crippen LogP contribution is 2.23. The van der Waals surface area contributed by atoms with Gasteiger partial charge in [-0.15, -0.1) is 0 Å². The molecule has 0 aliphatic heterocycles. The van der Waals surface area contributed by atoms with Crippen LogP contribution in [0, 0.1) is 6.92 Å². The minimum atomic E-state index is 0.0127. The fraction of sp³-hybridized carbons (Fsp3) is 0.353. The van der Waals surface area contributed by atoms with Gasteiger partial charge in [-0.1, -0.05) is 29.3 Å². The summed E-state index contributed by atoms with van der Waals surface area (Å²) >= 11 is 6.19. The highest BCUT2D eigenvalue weighted by molar-refractivity contribution is 6.31. The standard InChI is InChI=1S/C17H21ClN2O/c1-12-5-7-13(8-6-12)21-16-10-9-14(18)15(20-16)11-19-17(2,3)4/h5-10,19H,11H2,1-4H3. The van der Waals surface area contributed by atoms with Crippen molar-refractivity contribution in [2.45, 2.75) is 39.8 Å². The molecule has 21 heavy (non-hydrogen) atoms. The zero-order valence-electron chi connectivity index (χ0n) is 12.9. The van der Waals surface area contributed by atoms with E-state index in [0.717, 1.165) is 11.4 Å². The number of benzene rings is 1. The molecule has 0 saturated heterocycles. The topological polar surface area (TPSA) is 34.1 Å². The van der Waals surface area contributed by atoms with Crippen molar-refractivity contribution in [3.63, 3.8) is 0 Å². The van der Waals surface area contributed by atoms with Crippen molar-refractivity contribution in [1.29, 1.82) is 0 Å². The molecule has 2 aromatic rings. The zero-order chi connectivity index (χ0) is 15.5. The maximum absolute atomic E-state index is 6.19. The van der Waals surface area contributed by atoms with Crippen LogP contribution in [0.25, 0.3) is 0 Å². The largest absolute Gasteiger partial charge is 0.439 e. The van der Waals surface area contributed by atoms with Crippen LogP contribution in [-0.2, 0) is 6.54 Å². The predicted octanol–water partition coefficient (Wildman–Crippen LogP) is 4.72. The summed E-state index contributed by atoms with van der Waals surface area (Å²) in [6.45, 7) is 8.96. The number of pyridine rings is 1. The molecule has 0 bridgehead atoms. The van der Waals surface area contributed by atoms with Crippen LogP contribution < -0.4 is 10.1 Å². The van der Waals surface area contributed by atoms with Crippen LogP contribution in [0.1, 0.15) is 32.0 Å². The maximum Gasteiger partial charge on any atom is 0.219 e. The van der Waals surface area contributed by atoms with Crippen LogP contribution in [-0.4, -0.2) is 10.5 Å². The third-order valence-corrected chi connectivity index (χ3v) is 3.27. The fourth-order valence-corrected chi connectivity index (χ4v) is 1.89. The Bertz CT molecular complexity index is 603. The monoisotopic (exact) mass is 304 g/mol. The molecular weight excluding hydrogens is 284 g/mol. The summed E-state index contributed by atoms with van der Waals surface area (Å²) in [6, 6.07) is 11.5. The van der Waals surface area contributed by atoms with Crippen molar-refractivity contribution in [3.05, 3.63) is 52.7 Å². The third kappa shape index (κ3) is 5.03. The lowest BCUT2D eigenvalue weighted by molar-refractivity contribution is 0.416. The summed E-state index contributed by atoms with van der Waals surface area (Å²) in [5.74, 6) is 1.32. The van der Waals surface area contributed by atoms with E-state index >= 15 is 0 Å². The molecule has 4 heteroatoms. The summed E-state index contributed by atoms with van der Waals surface area (Å²) < 4.78 is 5.76. The minimum absolute atomic E-state index is 0.0127. The SMILES string of the molecule is Cc1ccc(Oc2ccc(Cl)c(CNC(C)(C)C)n2)cc1. The molecule has 0 spiro atoms. The summed E-state index contributed by atoms with van der Waals surface area (Å²) in [6.07, 6.45) is 0. The Hall–Kier alpha value is -1.58. The van der Waals surface area contributed by atoms with E-state index in [1.54, 1.807) is 6.07 Å². The summed E-state index contributed by atoms with van der Waals surface area (Å²) in [5, 5.41) is 4.02. The number of aromatic nitrogens is 1. The number of rotatable bonds is 4. The molecule has 2 rings (SSSR count). The first-order chi connectivity index (χ1) is 9.83. The van der Waals surface area contributed by atoms with Gasteiger partial charge in [-0.25, -0.2) is 4.98 Å². The molecule has 0 radical (unpaired) electrons. The van der Waals surface area contributed by atoms with Gasteiger partial charge in [0.15, 0.2) is 0 Å². The van der Waals surface area contributed by atoms with Crippen LogP contribution >= 0.6 is 11.6 Å². The van der Waals surface area contributed by atoms with Gasteiger partial charge in [0.05, 0.1) is 10.7 Å². The van der Waals surface area contributed by atoms with Gasteiger partial charge in [0, 0.05) is 18.2 Å². The van der Waals surface area contributed by atoms with E-state index in [1.807, 2.05) is 37.3 Å². The predicted molar refractivity (Wildman–Crippen MR) is 87.1 cm³/mol. The summed E-state index contributed by atoms with van der Waals surface area (Å²) in [7, 11) is 0. The first-order valence-electron chi connectivity index (χ1n) is 6.98. The number of nitrogens with zero attached hydrogens (tertiary/aromatic N) is 1. The first-order valence-corrected chi connectivity index (χ1v) is 7.36. The van der Waals surface area contributed by atoms with Gasteiger partial charge in [0.1, 0.15) is 5.75 Å². The number of ether oxygens (including phenoxy) is 1. The van der Waals surface area contributed by atoms with E-state index < -0.39 is 0 Å². The molecule has 1 aromatic heterocycles. The number of hydrogen-bond acceptors (Lipinski definition) is 3. The molecule has 1 aromatic carbocycles. The molecule has 0 fully saturated rings. The minimum Gasteiger partial charge on any atom is -0.439 e. The van der Waals surface area contributed by atoms with Crippen molar-refractivity contribution < 1.29 is 4.74 Å². The van der Waals surface area contributed by atoms with Crippen molar-refractivity contribution in [2.24, 2.45) is 0 Å². The highest BCUT2D eigenvalue weighted by Gasteiger charge is 2.12. The lowest BCUT2D eigenvalue weighted by atomic mass is 10.1. The molecule has 0 saturated carbocycles. The average Bonchev–Trinajstić information content (AvgIpc) is 2.41. The Kier molecular flexibility index (Phi) is 4.86. The van der Waals surface area contributed by atoms with E-state index in [4.69, 9.17) is 16.3 Å². The second-order valence-corrected chi connectivity index (χ2v) is 6.50. The normalized spacial score (nSPS) is 11.5. The molecule has 3 nitrogen and oxygen atoms in total. The smallest absolute Gasteiger partial charge is 0.219 e. The van der Waals surface area contributed by atoms with E-state index in [-0.39, 0.29) is 5.54 Å². The quantitative estimate of drug-likeness (QED) is 0.887. The molecular formula is C17H21ClN2O. The van der Waals surface area contributed by atoms with Crippen molar-refractivity contribution >= 4 is 11.6 Å². The third-order valence-electron chi connectivity index (χ3n) is 2.92. The molecule has 1 N–H and O–H groups in total. The van der Waals surface area contributed by atoms with Gasteiger partial charge in [-0.05, 0) is 45.9 Å². The van der Waals surface area contributed by atoms with Crippen molar-refractivity contribution in [2.75, 3.05) is 0 Å². The number of halogens is 1. The summed E-state index contributed by atoms with van der Waals surface area (Å²) in [5.41, 5.74) is 2.00. The molecule has 0 atom stereocenters. The van der Waals surface area contributed by atoms with Crippen LogP contribution in [0.4, 0.5) is 0 Å². The van der Waals surface area contributed by atoms with Crippen LogP contribution in [0.3, 0.4) is 0 Å². The van der Waals surface area contributed by atoms with Crippen LogP contribution in [0.5, 0.6) is 11.6 Å². The molecule has 0 aliphatic carbocycles. The van der Waals surface area contributed by atoms with Crippen LogP contribution in [0.2, 0.25) is 5.02 Å². The zero-order valence-corrected chi connectivity index (χ0v) is 13.7. The van der Waals surface area contributed by atoms with E-state index in [2.05, 4.69) is 31.1 Å². The van der Waals surface area contributed by atoms with Crippen LogP contribution in [0.15, 0.2) is 36.4 Å². The van der Waals surface area contributed by atoms with Crippen molar-refractivity contribution in [1.82, 2.24) is 10.3 Å². The average molecular weight is 305 g/mol. The Labute approximate surface area is 131 Å². The Morgan fingerprint density at radius 1 is 1.10 bits per heavy atom. The number of hydrogen-bond donors (Lipinski definition) is 1. The van der Waals surface area contributed by atoms with E-state index in [0.29, 0.717) is 17.4 Å². The Morgan fingerprint density at radius 3 is 2.38 bits per heavy atom. The maximum atomic E-state index is 6.19. The fourth-order valence-electron chi connectivity index (χ4n) is 1.72. The molecule has 1 heterocycles. The Balaban J connectivity index is 2.12. The number of nitrogens with one attached hydrogen (secondary N) is 1. The molecule has 0 unspecified atom stereocenters. The summed E-state index contributed by atoms with van der Waals surface area (Å²) in [4.78, 5) is 4.48. The number of aryl methyl sites for hydroxylation is 1. The molecule has 0 aliphatic rings. The lowest BCUT2D eigenvalue weighted by Crippen LogP contribution is -2.35. The lowest BCUT2D eigenvalue weighted by Gasteiger charge is -2.20. The van der Waals surface area contributed by atoms with E-state index in [1.165, 1.54) is 5.56 Å². The van der Waals surface area contributed by atoms with E-state index in [9.17, 15) is 0 Å². The van der Waals surface area contributed by atoms with Gasteiger partial charge in [0.2, 0.25) is 5.88 Å². The van der Waals surface area contributed by atoms with Gasteiger partial charge in [0.25, 0.3) is 0 Å². The van der Waals surface area contributed by atoms with Gasteiger partial charge in [-0.2, -0.15) is 0 Å². The first kappa shape index (κ1) is 15.8. The highest BCUT2D eigenvalue weighted by atomic mass is 35.5. The molecule has 112 valence electrons. The van der Waals surface area contributed by atoms with Crippen molar-refractivity contribution in [3.8, 4) is 11.6 Å².